The Hall–Kier alpha value is -0.200. The summed E-state index contributed by atoms with van der Waals surface area (Å²) in [5.74, 6) is 0. The largest absolute Gasteiger partial charge is 0.385 e. The predicted molar refractivity (Wildman–Crippen MR) is 74.5 cm³/mol. The highest BCUT2D eigenvalue weighted by atomic mass is 16.5. The van der Waals surface area contributed by atoms with Crippen molar-refractivity contribution in [3.63, 3.8) is 0 Å². The Bertz CT molecular complexity index is 208. The Balaban J connectivity index is 2.12. The quantitative estimate of drug-likeness (QED) is 0.540. The molecule has 5 heteroatoms. The fraction of sp³-hybridized carbons (Fsp3) is 1.00. The number of hydrogen-bond acceptors (Lipinski definition) is 5. The maximum atomic E-state index is 5.66. The van der Waals surface area contributed by atoms with Crippen molar-refractivity contribution in [3.8, 4) is 0 Å². The van der Waals surface area contributed by atoms with Crippen LogP contribution in [-0.4, -0.2) is 67.0 Å². The third kappa shape index (κ3) is 7.22. The van der Waals surface area contributed by atoms with Crippen LogP contribution in [0.15, 0.2) is 0 Å². The minimum absolute atomic E-state index is 0.245. The van der Waals surface area contributed by atoms with Crippen LogP contribution in [-0.2, 0) is 18.9 Å². The van der Waals surface area contributed by atoms with Gasteiger partial charge in [0.15, 0.2) is 0 Å². The fourth-order valence-corrected chi connectivity index (χ4v) is 2.30. The lowest BCUT2D eigenvalue weighted by Crippen LogP contribution is -2.37. The molecule has 0 aromatic rings. The van der Waals surface area contributed by atoms with Crippen molar-refractivity contribution < 1.29 is 18.9 Å². The first kappa shape index (κ1) is 16.9. The summed E-state index contributed by atoms with van der Waals surface area (Å²) < 4.78 is 21.3. The van der Waals surface area contributed by atoms with Gasteiger partial charge in [-0.1, -0.05) is 0 Å². The average molecular weight is 275 g/mol. The van der Waals surface area contributed by atoms with E-state index in [1.165, 1.54) is 0 Å². The van der Waals surface area contributed by atoms with Gasteiger partial charge in [-0.15, -0.1) is 0 Å². The molecule has 0 amide bonds. The van der Waals surface area contributed by atoms with E-state index < -0.39 is 0 Å². The monoisotopic (exact) mass is 275 g/mol. The third-order valence-electron chi connectivity index (χ3n) is 3.58. The summed E-state index contributed by atoms with van der Waals surface area (Å²) in [5, 5.41) is 3.45. The van der Waals surface area contributed by atoms with E-state index in [0.717, 1.165) is 72.0 Å². The predicted octanol–water partition coefficient (Wildman–Crippen LogP) is 1.07. The van der Waals surface area contributed by atoms with Crippen molar-refractivity contribution in [1.82, 2.24) is 5.32 Å². The van der Waals surface area contributed by atoms with Crippen LogP contribution in [0.5, 0.6) is 0 Å². The Morgan fingerprint density at radius 3 is 2.63 bits per heavy atom. The molecule has 1 fully saturated rings. The van der Waals surface area contributed by atoms with E-state index in [9.17, 15) is 0 Å². The fourth-order valence-electron chi connectivity index (χ4n) is 2.30. The molecule has 1 atom stereocenters. The van der Waals surface area contributed by atoms with Crippen molar-refractivity contribution in [2.45, 2.75) is 19.3 Å². The molecule has 1 unspecified atom stereocenters. The van der Waals surface area contributed by atoms with Crippen LogP contribution in [0, 0.1) is 5.41 Å². The Kier molecular flexibility index (Phi) is 9.38. The van der Waals surface area contributed by atoms with Crippen molar-refractivity contribution in [1.29, 1.82) is 0 Å². The maximum absolute atomic E-state index is 5.66. The summed E-state index contributed by atoms with van der Waals surface area (Å²) in [4.78, 5) is 0. The average Bonchev–Trinajstić information content (AvgIpc) is 2.88. The summed E-state index contributed by atoms with van der Waals surface area (Å²) in [6.45, 7) is 6.70. The highest BCUT2D eigenvalue weighted by Gasteiger charge is 2.34. The molecule has 0 aromatic heterocycles. The number of nitrogens with one attached hydrogen (secondary N) is 1. The van der Waals surface area contributed by atoms with Crippen molar-refractivity contribution in [3.05, 3.63) is 0 Å². The maximum Gasteiger partial charge on any atom is 0.0587 e. The highest BCUT2D eigenvalue weighted by Crippen LogP contribution is 2.31. The smallest absolute Gasteiger partial charge is 0.0587 e. The molecule has 1 aliphatic rings. The minimum atomic E-state index is 0.245. The lowest BCUT2D eigenvalue weighted by atomic mass is 9.84. The van der Waals surface area contributed by atoms with E-state index in [1.54, 1.807) is 14.2 Å². The molecule has 0 saturated carbocycles. The minimum Gasteiger partial charge on any atom is -0.385 e. The van der Waals surface area contributed by atoms with E-state index >= 15 is 0 Å². The van der Waals surface area contributed by atoms with Gasteiger partial charge in [0, 0.05) is 59.2 Å². The molecular weight excluding hydrogens is 246 g/mol. The molecule has 1 saturated heterocycles. The highest BCUT2D eigenvalue weighted by molar-refractivity contribution is 4.85. The van der Waals surface area contributed by atoms with E-state index in [-0.39, 0.29) is 5.41 Å². The standard InChI is InChI=1S/C14H29NO4/c1-16-7-3-8-18-9-4-14(5-10-19-13-14)12-15-6-11-17-2/h15H,3-13H2,1-2H3. The Morgan fingerprint density at radius 2 is 1.95 bits per heavy atom. The van der Waals surface area contributed by atoms with Gasteiger partial charge in [-0.2, -0.15) is 0 Å². The zero-order valence-electron chi connectivity index (χ0n) is 12.4. The van der Waals surface area contributed by atoms with Crippen LogP contribution < -0.4 is 5.32 Å². The molecule has 1 aliphatic heterocycles. The van der Waals surface area contributed by atoms with E-state index in [1.807, 2.05) is 0 Å². The second-order valence-electron chi connectivity index (χ2n) is 5.18. The molecule has 0 radical (unpaired) electrons. The zero-order valence-corrected chi connectivity index (χ0v) is 12.4. The summed E-state index contributed by atoms with van der Waals surface area (Å²) >= 11 is 0. The normalized spacial score (nSPS) is 23.1. The SMILES string of the molecule is COCCCOCCC1(CNCCOC)CCOC1. The molecule has 0 bridgehead atoms. The first-order valence-electron chi connectivity index (χ1n) is 7.17. The molecular formula is C14H29NO4. The second-order valence-corrected chi connectivity index (χ2v) is 5.18. The molecule has 1 rings (SSSR count). The van der Waals surface area contributed by atoms with E-state index in [4.69, 9.17) is 18.9 Å². The number of ether oxygens (including phenoxy) is 4. The molecule has 0 aromatic carbocycles. The molecule has 1 N–H and O–H groups in total. The Labute approximate surface area is 116 Å². The van der Waals surface area contributed by atoms with Crippen LogP contribution in [0.2, 0.25) is 0 Å². The van der Waals surface area contributed by atoms with Gasteiger partial charge in [0.1, 0.15) is 0 Å². The summed E-state index contributed by atoms with van der Waals surface area (Å²) in [6.07, 6.45) is 3.14. The molecule has 5 nitrogen and oxygen atoms in total. The van der Waals surface area contributed by atoms with E-state index in [2.05, 4.69) is 5.32 Å². The van der Waals surface area contributed by atoms with Crippen molar-refractivity contribution in [2.24, 2.45) is 5.41 Å². The topological polar surface area (TPSA) is 49.0 Å². The van der Waals surface area contributed by atoms with Crippen LogP contribution in [0.4, 0.5) is 0 Å². The van der Waals surface area contributed by atoms with E-state index in [0.29, 0.717) is 0 Å². The summed E-state index contributed by atoms with van der Waals surface area (Å²) in [7, 11) is 3.44. The molecule has 19 heavy (non-hydrogen) atoms. The first-order chi connectivity index (χ1) is 9.33. The van der Waals surface area contributed by atoms with Gasteiger partial charge in [-0.05, 0) is 19.3 Å². The number of methoxy groups -OCH3 is 2. The van der Waals surface area contributed by atoms with Gasteiger partial charge in [-0.3, -0.25) is 0 Å². The molecule has 1 heterocycles. The van der Waals surface area contributed by atoms with Crippen LogP contribution in [0.25, 0.3) is 0 Å². The number of rotatable bonds is 12. The lowest BCUT2D eigenvalue weighted by Gasteiger charge is -2.27. The van der Waals surface area contributed by atoms with Crippen molar-refractivity contribution >= 4 is 0 Å². The molecule has 0 spiro atoms. The summed E-state index contributed by atoms with van der Waals surface area (Å²) in [6, 6.07) is 0. The first-order valence-corrected chi connectivity index (χ1v) is 7.17. The summed E-state index contributed by atoms with van der Waals surface area (Å²) in [5.41, 5.74) is 0.245. The van der Waals surface area contributed by atoms with Crippen molar-refractivity contribution in [2.75, 3.05) is 67.0 Å². The van der Waals surface area contributed by atoms with Gasteiger partial charge in [-0.25, -0.2) is 0 Å². The molecule has 0 aliphatic carbocycles. The number of hydrogen-bond donors (Lipinski definition) is 1. The van der Waals surface area contributed by atoms with Gasteiger partial charge in [0.05, 0.1) is 13.2 Å². The van der Waals surface area contributed by atoms with Gasteiger partial charge in [0.2, 0.25) is 0 Å². The van der Waals surface area contributed by atoms with Gasteiger partial charge < -0.3 is 24.3 Å². The van der Waals surface area contributed by atoms with Crippen LogP contribution in [0.1, 0.15) is 19.3 Å². The zero-order chi connectivity index (χ0) is 13.8. The van der Waals surface area contributed by atoms with Crippen LogP contribution in [0.3, 0.4) is 0 Å². The third-order valence-corrected chi connectivity index (χ3v) is 3.58. The second kappa shape index (κ2) is 10.6. The Morgan fingerprint density at radius 1 is 1.11 bits per heavy atom. The van der Waals surface area contributed by atoms with Crippen LogP contribution >= 0.6 is 0 Å². The lowest BCUT2D eigenvalue weighted by molar-refractivity contribution is 0.0671. The van der Waals surface area contributed by atoms with Gasteiger partial charge >= 0.3 is 0 Å². The van der Waals surface area contributed by atoms with Gasteiger partial charge in [0.25, 0.3) is 0 Å². The molecule has 114 valence electrons.